The normalized spacial score (nSPS) is 24.0. The number of carbonyl (C=O) groups is 1. The van der Waals surface area contributed by atoms with E-state index in [2.05, 4.69) is 10.0 Å². The number of amides is 1. The highest BCUT2D eigenvalue weighted by atomic mass is 35.5. The second-order valence-electron chi connectivity index (χ2n) is 7.39. The van der Waals surface area contributed by atoms with Crippen molar-refractivity contribution < 1.29 is 13.2 Å². The molecule has 2 aromatic rings. The van der Waals surface area contributed by atoms with Gasteiger partial charge in [0.1, 0.15) is 0 Å². The number of carbonyl (C=O) groups excluding carboxylic acids is 1. The minimum absolute atomic E-state index is 0.0975. The summed E-state index contributed by atoms with van der Waals surface area (Å²) < 4.78 is 27.3. The van der Waals surface area contributed by atoms with E-state index in [1.165, 1.54) is 43.5 Å². The Kier molecular flexibility index (Phi) is 4.86. The summed E-state index contributed by atoms with van der Waals surface area (Å²) in [6.45, 7) is 0. The van der Waals surface area contributed by atoms with Crippen LogP contribution in [0.15, 0.2) is 53.4 Å². The third-order valence-electron chi connectivity index (χ3n) is 5.58. The van der Waals surface area contributed by atoms with Crippen LogP contribution in [0.5, 0.6) is 0 Å². The Hall–Kier alpha value is -2.05. The van der Waals surface area contributed by atoms with Crippen LogP contribution >= 0.6 is 11.6 Å². The van der Waals surface area contributed by atoms with Gasteiger partial charge in [0, 0.05) is 22.3 Å². The van der Waals surface area contributed by atoms with E-state index in [1.807, 2.05) is 0 Å². The molecule has 0 heterocycles. The van der Waals surface area contributed by atoms with Crippen LogP contribution in [0.3, 0.4) is 0 Å². The fourth-order valence-electron chi connectivity index (χ4n) is 4.19. The monoisotopic (exact) mass is 404 g/mol. The van der Waals surface area contributed by atoms with Crippen LogP contribution < -0.4 is 10.0 Å². The van der Waals surface area contributed by atoms with Crippen molar-refractivity contribution in [3.05, 3.63) is 59.1 Å². The molecule has 27 heavy (non-hydrogen) atoms. The van der Waals surface area contributed by atoms with Crippen molar-refractivity contribution in [3.63, 3.8) is 0 Å². The first-order chi connectivity index (χ1) is 12.9. The van der Waals surface area contributed by atoms with Gasteiger partial charge in [0.25, 0.3) is 15.9 Å². The number of hydrogen-bond donors (Lipinski definition) is 2. The average molecular weight is 405 g/mol. The molecule has 2 bridgehead atoms. The second-order valence-corrected chi connectivity index (χ2v) is 9.51. The Morgan fingerprint density at radius 3 is 2.26 bits per heavy atom. The van der Waals surface area contributed by atoms with Gasteiger partial charge in [-0.2, -0.15) is 0 Å². The Morgan fingerprint density at radius 1 is 0.963 bits per heavy atom. The molecule has 5 nitrogen and oxygen atoms in total. The lowest BCUT2D eigenvalue weighted by atomic mass is 9.95. The quantitative estimate of drug-likeness (QED) is 0.789. The predicted molar refractivity (Wildman–Crippen MR) is 105 cm³/mol. The maximum atomic E-state index is 12.5. The standard InChI is InChI=1S/C20H21ClN2O3S/c21-16-5-9-18(10-6-16)27(25,26)23-17-7-3-14(4-8-17)20(24)22-19-12-13-1-2-15(19)11-13/h3-10,13,15,19,23H,1-2,11-12H2,(H,22,24)/t13-,15+,19+/m0/s1. The highest BCUT2D eigenvalue weighted by molar-refractivity contribution is 7.92. The summed E-state index contributed by atoms with van der Waals surface area (Å²) >= 11 is 5.80. The van der Waals surface area contributed by atoms with E-state index in [0.717, 1.165) is 12.3 Å². The maximum absolute atomic E-state index is 12.5. The van der Waals surface area contributed by atoms with E-state index in [0.29, 0.717) is 22.2 Å². The van der Waals surface area contributed by atoms with Gasteiger partial charge in [0.05, 0.1) is 4.90 Å². The van der Waals surface area contributed by atoms with Crippen LogP contribution in [0.1, 0.15) is 36.0 Å². The van der Waals surface area contributed by atoms with Crippen molar-refractivity contribution in [2.75, 3.05) is 4.72 Å². The Labute approximate surface area is 164 Å². The molecule has 2 aliphatic rings. The van der Waals surface area contributed by atoms with E-state index in [9.17, 15) is 13.2 Å². The number of anilines is 1. The largest absolute Gasteiger partial charge is 0.349 e. The highest BCUT2D eigenvalue weighted by Crippen LogP contribution is 2.44. The van der Waals surface area contributed by atoms with Gasteiger partial charge >= 0.3 is 0 Å². The van der Waals surface area contributed by atoms with Crippen molar-refractivity contribution in [2.24, 2.45) is 11.8 Å². The summed E-state index contributed by atoms with van der Waals surface area (Å²) in [7, 11) is -3.70. The molecule has 0 spiro atoms. The third kappa shape index (κ3) is 3.96. The zero-order chi connectivity index (χ0) is 19.0. The number of nitrogens with one attached hydrogen (secondary N) is 2. The molecule has 2 aromatic carbocycles. The lowest BCUT2D eigenvalue weighted by Gasteiger charge is -2.22. The second kappa shape index (κ2) is 7.17. The molecule has 0 aliphatic heterocycles. The summed E-state index contributed by atoms with van der Waals surface area (Å²) in [6, 6.07) is 12.7. The number of sulfonamides is 1. The Bertz CT molecular complexity index is 942. The molecule has 7 heteroatoms. The average Bonchev–Trinajstić information content (AvgIpc) is 3.25. The first-order valence-corrected chi connectivity index (χ1v) is 11.0. The van der Waals surface area contributed by atoms with Crippen LogP contribution in [0.25, 0.3) is 0 Å². The van der Waals surface area contributed by atoms with Crippen molar-refractivity contribution in [3.8, 4) is 0 Å². The summed E-state index contributed by atoms with van der Waals surface area (Å²) in [5.41, 5.74) is 0.939. The van der Waals surface area contributed by atoms with Crippen LogP contribution in [-0.2, 0) is 10.0 Å². The van der Waals surface area contributed by atoms with Gasteiger partial charge in [-0.1, -0.05) is 18.0 Å². The topological polar surface area (TPSA) is 75.3 Å². The van der Waals surface area contributed by atoms with Crippen molar-refractivity contribution in [2.45, 2.75) is 36.6 Å². The van der Waals surface area contributed by atoms with Crippen LogP contribution in [0.2, 0.25) is 5.02 Å². The number of hydrogen-bond acceptors (Lipinski definition) is 3. The Morgan fingerprint density at radius 2 is 1.67 bits per heavy atom. The van der Waals surface area contributed by atoms with Crippen molar-refractivity contribution in [1.82, 2.24) is 5.32 Å². The molecule has 4 rings (SSSR count). The minimum Gasteiger partial charge on any atom is -0.349 e. The predicted octanol–water partition coefficient (Wildman–Crippen LogP) is 4.06. The Balaban J connectivity index is 1.41. The van der Waals surface area contributed by atoms with Crippen LogP contribution in [0.4, 0.5) is 5.69 Å². The van der Waals surface area contributed by atoms with E-state index in [4.69, 9.17) is 11.6 Å². The molecular weight excluding hydrogens is 384 g/mol. The molecule has 2 N–H and O–H groups in total. The fraction of sp³-hybridized carbons (Fsp3) is 0.350. The minimum atomic E-state index is -3.70. The molecular formula is C20H21ClN2O3S. The maximum Gasteiger partial charge on any atom is 0.261 e. The molecule has 2 aliphatic carbocycles. The number of halogens is 1. The van der Waals surface area contributed by atoms with E-state index >= 15 is 0 Å². The van der Waals surface area contributed by atoms with Gasteiger partial charge in [-0.25, -0.2) is 8.42 Å². The zero-order valence-electron chi connectivity index (χ0n) is 14.7. The van der Waals surface area contributed by atoms with Gasteiger partial charge in [-0.15, -0.1) is 0 Å². The molecule has 1 amide bonds. The van der Waals surface area contributed by atoms with E-state index in [-0.39, 0.29) is 16.8 Å². The summed E-state index contributed by atoms with van der Waals surface area (Å²) in [5.74, 6) is 1.29. The highest BCUT2D eigenvalue weighted by Gasteiger charge is 2.40. The number of rotatable bonds is 5. The van der Waals surface area contributed by atoms with Crippen LogP contribution in [-0.4, -0.2) is 20.4 Å². The summed E-state index contributed by atoms with van der Waals surface area (Å²) in [5, 5.41) is 3.61. The zero-order valence-corrected chi connectivity index (χ0v) is 16.3. The summed E-state index contributed by atoms with van der Waals surface area (Å²) in [4.78, 5) is 12.6. The molecule has 3 atom stereocenters. The molecule has 2 fully saturated rings. The molecule has 0 radical (unpaired) electrons. The van der Waals surface area contributed by atoms with Gasteiger partial charge < -0.3 is 5.32 Å². The SMILES string of the molecule is O=C(N[C@@H]1C[C@H]2CC[C@@H]1C2)c1ccc(NS(=O)(=O)c2ccc(Cl)cc2)cc1. The van der Waals surface area contributed by atoms with Gasteiger partial charge in [0.15, 0.2) is 0 Å². The van der Waals surface area contributed by atoms with Gasteiger partial charge in [-0.3, -0.25) is 9.52 Å². The van der Waals surface area contributed by atoms with Crippen molar-refractivity contribution in [1.29, 1.82) is 0 Å². The number of benzene rings is 2. The summed E-state index contributed by atoms with van der Waals surface area (Å²) in [6.07, 6.45) is 4.81. The van der Waals surface area contributed by atoms with Gasteiger partial charge in [-0.05, 0) is 79.6 Å². The van der Waals surface area contributed by atoms with Crippen LogP contribution in [0, 0.1) is 11.8 Å². The molecule has 0 unspecified atom stereocenters. The lowest BCUT2D eigenvalue weighted by molar-refractivity contribution is 0.0923. The molecule has 0 aromatic heterocycles. The third-order valence-corrected chi connectivity index (χ3v) is 7.23. The van der Waals surface area contributed by atoms with E-state index < -0.39 is 10.0 Å². The fourth-order valence-corrected chi connectivity index (χ4v) is 5.38. The number of fused-ring (bicyclic) bond motifs is 2. The van der Waals surface area contributed by atoms with E-state index in [1.54, 1.807) is 24.3 Å². The molecule has 142 valence electrons. The first-order valence-electron chi connectivity index (χ1n) is 9.10. The first kappa shape index (κ1) is 18.3. The smallest absolute Gasteiger partial charge is 0.261 e. The van der Waals surface area contributed by atoms with Gasteiger partial charge in [0.2, 0.25) is 0 Å². The van der Waals surface area contributed by atoms with Crippen molar-refractivity contribution >= 4 is 33.2 Å². The molecule has 0 saturated heterocycles. The lowest BCUT2D eigenvalue weighted by Crippen LogP contribution is -2.38. The molecule has 2 saturated carbocycles.